The van der Waals surface area contributed by atoms with Gasteiger partial charge in [-0.1, -0.05) is 20.8 Å². The molecule has 1 aliphatic heterocycles. The molecule has 0 bridgehead atoms. The summed E-state index contributed by atoms with van der Waals surface area (Å²) in [5.74, 6) is -0.233. The molecule has 27 heavy (non-hydrogen) atoms. The van der Waals surface area contributed by atoms with Gasteiger partial charge in [0, 0.05) is 24.0 Å². The second kappa shape index (κ2) is 9.07. The van der Waals surface area contributed by atoms with Crippen molar-refractivity contribution in [2.24, 2.45) is 0 Å². The maximum absolute atomic E-state index is 12.8. The first-order valence-electron chi connectivity index (χ1n) is 9.11. The van der Waals surface area contributed by atoms with Crippen LogP contribution in [0.2, 0.25) is 0 Å². The molecule has 7 nitrogen and oxygen atoms in total. The van der Waals surface area contributed by atoms with Gasteiger partial charge in [-0.25, -0.2) is 8.42 Å². The molecule has 0 radical (unpaired) electrons. The monoisotopic (exact) mass is 413 g/mol. The Kier molecular flexibility index (Phi) is 7.30. The molecule has 0 aliphatic carbocycles. The van der Waals surface area contributed by atoms with Crippen molar-refractivity contribution in [2.75, 3.05) is 30.3 Å². The van der Waals surface area contributed by atoms with E-state index in [1.54, 1.807) is 26.0 Å². The number of hydrogen-bond donors (Lipinski definition) is 1. The number of nitrogens with zero attached hydrogens (tertiary/aromatic N) is 2. The number of carbonyl (C=O) groups is 2. The van der Waals surface area contributed by atoms with Gasteiger partial charge in [0.1, 0.15) is 6.54 Å². The van der Waals surface area contributed by atoms with Crippen LogP contribution in [0.5, 0.6) is 0 Å². The van der Waals surface area contributed by atoms with E-state index in [4.69, 9.17) is 0 Å². The van der Waals surface area contributed by atoms with Crippen LogP contribution < -0.4 is 10.2 Å². The summed E-state index contributed by atoms with van der Waals surface area (Å²) in [5.41, 5.74) is 0.476. The Hall–Kier alpha value is -1.58. The lowest BCUT2D eigenvalue weighted by atomic mass is 10.2. The first kappa shape index (κ1) is 21.7. The fourth-order valence-electron chi connectivity index (χ4n) is 2.79. The normalized spacial score (nSPS) is 15.6. The van der Waals surface area contributed by atoms with E-state index >= 15 is 0 Å². The highest BCUT2D eigenvalue weighted by Crippen LogP contribution is 2.37. The van der Waals surface area contributed by atoms with Crippen LogP contribution in [0.15, 0.2) is 28.0 Å². The maximum atomic E-state index is 12.8. The lowest BCUT2D eigenvalue weighted by Crippen LogP contribution is -2.45. The Morgan fingerprint density at radius 2 is 1.96 bits per heavy atom. The van der Waals surface area contributed by atoms with Crippen molar-refractivity contribution < 1.29 is 18.0 Å². The van der Waals surface area contributed by atoms with E-state index in [2.05, 4.69) is 5.32 Å². The molecule has 1 N–H and O–H groups in total. The van der Waals surface area contributed by atoms with Crippen LogP contribution in [-0.2, 0) is 19.6 Å². The van der Waals surface area contributed by atoms with Crippen LogP contribution in [0.3, 0.4) is 0 Å². The summed E-state index contributed by atoms with van der Waals surface area (Å²) < 4.78 is 27.0. The molecule has 0 spiro atoms. The fourth-order valence-corrected chi connectivity index (χ4v) is 5.19. The summed E-state index contributed by atoms with van der Waals surface area (Å²) in [6.07, 6.45) is 0.790. The van der Waals surface area contributed by atoms with E-state index in [1.165, 1.54) is 27.0 Å². The summed E-state index contributed by atoms with van der Waals surface area (Å²) in [4.78, 5) is 27.0. The second-order valence-electron chi connectivity index (χ2n) is 6.36. The van der Waals surface area contributed by atoms with Crippen LogP contribution in [0.25, 0.3) is 0 Å². The van der Waals surface area contributed by atoms with Gasteiger partial charge in [0.25, 0.3) is 0 Å². The largest absolute Gasteiger partial charge is 0.352 e. The quantitative estimate of drug-likeness (QED) is 0.705. The summed E-state index contributed by atoms with van der Waals surface area (Å²) in [6, 6.07) is 4.79. The molecule has 1 atom stereocenters. The highest BCUT2D eigenvalue weighted by molar-refractivity contribution is 8.00. The van der Waals surface area contributed by atoms with Gasteiger partial charge in [-0.2, -0.15) is 4.31 Å². The Balaban J connectivity index is 2.37. The van der Waals surface area contributed by atoms with Gasteiger partial charge in [-0.3, -0.25) is 9.59 Å². The Bertz CT molecular complexity index is 807. The SMILES string of the molecule is CC[C@@H](C)NC(=O)CN1C(=O)CSc2ccc(S(=O)(=O)N(CC)CC)cc21. The molecule has 0 saturated carbocycles. The van der Waals surface area contributed by atoms with E-state index in [0.29, 0.717) is 18.8 Å². The summed E-state index contributed by atoms with van der Waals surface area (Å²) in [6.45, 7) is 8.04. The topological polar surface area (TPSA) is 86.8 Å². The van der Waals surface area contributed by atoms with Crippen molar-refractivity contribution >= 4 is 39.3 Å². The average Bonchev–Trinajstić information content (AvgIpc) is 2.64. The van der Waals surface area contributed by atoms with Gasteiger partial charge in [0.15, 0.2) is 0 Å². The Morgan fingerprint density at radius 1 is 1.30 bits per heavy atom. The molecule has 1 aromatic carbocycles. The molecule has 1 aliphatic rings. The fraction of sp³-hybridized carbons (Fsp3) is 0.556. The van der Waals surface area contributed by atoms with Gasteiger partial charge in [-0.15, -0.1) is 11.8 Å². The van der Waals surface area contributed by atoms with Crippen molar-refractivity contribution in [1.29, 1.82) is 0 Å². The number of sulfonamides is 1. The number of amides is 2. The van der Waals surface area contributed by atoms with Crippen LogP contribution in [0, 0.1) is 0 Å². The summed E-state index contributed by atoms with van der Waals surface area (Å²) in [5, 5.41) is 2.84. The standard InChI is InChI=1S/C18H27N3O4S2/c1-5-13(4)19-17(22)11-21-15-10-14(27(24,25)20(6-2)7-3)8-9-16(15)26-12-18(21)23/h8-10,13H,5-7,11-12H2,1-4H3,(H,19,22)/t13-/m1/s1. The minimum Gasteiger partial charge on any atom is -0.352 e. The number of rotatable bonds is 8. The smallest absolute Gasteiger partial charge is 0.243 e. The molecule has 0 saturated heterocycles. The average molecular weight is 414 g/mol. The van der Waals surface area contributed by atoms with Crippen molar-refractivity contribution in [3.8, 4) is 0 Å². The number of thioether (sulfide) groups is 1. The molecule has 1 aromatic rings. The zero-order valence-electron chi connectivity index (χ0n) is 16.2. The van der Waals surface area contributed by atoms with Crippen LogP contribution in [0.4, 0.5) is 5.69 Å². The predicted molar refractivity (Wildman–Crippen MR) is 108 cm³/mol. The van der Waals surface area contributed by atoms with Crippen molar-refractivity contribution in [1.82, 2.24) is 9.62 Å². The molecule has 150 valence electrons. The van der Waals surface area contributed by atoms with Crippen molar-refractivity contribution in [3.05, 3.63) is 18.2 Å². The molecular formula is C18H27N3O4S2. The number of nitrogens with one attached hydrogen (secondary N) is 1. The summed E-state index contributed by atoms with van der Waals surface area (Å²) in [7, 11) is -3.64. The Labute approximate surface area is 165 Å². The summed E-state index contributed by atoms with van der Waals surface area (Å²) >= 11 is 1.35. The predicted octanol–water partition coefficient (Wildman–Crippen LogP) is 2.07. The van der Waals surface area contributed by atoms with Gasteiger partial charge in [0.2, 0.25) is 21.8 Å². The van der Waals surface area contributed by atoms with Crippen LogP contribution in [-0.4, -0.2) is 56.0 Å². The molecule has 0 fully saturated rings. The van der Waals surface area contributed by atoms with Gasteiger partial charge in [0.05, 0.1) is 16.3 Å². The lowest BCUT2D eigenvalue weighted by Gasteiger charge is -2.29. The number of carbonyl (C=O) groups excluding carboxylic acids is 2. The highest BCUT2D eigenvalue weighted by Gasteiger charge is 2.30. The van der Waals surface area contributed by atoms with E-state index in [-0.39, 0.29) is 35.0 Å². The molecular weight excluding hydrogens is 386 g/mol. The van der Waals surface area contributed by atoms with Crippen molar-refractivity contribution in [3.63, 3.8) is 0 Å². The molecule has 0 unspecified atom stereocenters. The number of fused-ring (bicyclic) bond motifs is 1. The number of benzene rings is 1. The molecule has 1 heterocycles. The minimum atomic E-state index is -3.64. The van der Waals surface area contributed by atoms with E-state index in [1.807, 2.05) is 13.8 Å². The van der Waals surface area contributed by atoms with E-state index in [0.717, 1.165) is 11.3 Å². The third-order valence-corrected chi connectivity index (χ3v) is 7.63. The first-order valence-corrected chi connectivity index (χ1v) is 11.5. The van der Waals surface area contributed by atoms with E-state index in [9.17, 15) is 18.0 Å². The molecule has 0 aromatic heterocycles. The lowest BCUT2D eigenvalue weighted by molar-refractivity contribution is -0.123. The van der Waals surface area contributed by atoms with E-state index < -0.39 is 10.0 Å². The van der Waals surface area contributed by atoms with Crippen LogP contribution >= 0.6 is 11.8 Å². The van der Waals surface area contributed by atoms with Crippen LogP contribution in [0.1, 0.15) is 34.1 Å². The number of hydrogen-bond acceptors (Lipinski definition) is 5. The van der Waals surface area contributed by atoms with Crippen molar-refractivity contribution in [2.45, 2.75) is 49.9 Å². The highest BCUT2D eigenvalue weighted by atomic mass is 32.2. The minimum absolute atomic E-state index is 0.0145. The van der Waals surface area contributed by atoms with Gasteiger partial charge in [-0.05, 0) is 31.5 Å². The van der Waals surface area contributed by atoms with Gasteiger partial charge < -0.3 is 10.2 Å². The number of anilines is 1. The maximum Gasteiger partial charge on any atom is 0.243 e. The second-order valence-corrected chi connectivity index (χ2v) is 9.32. The zero-order chi connectivity index (χ0) is 20.2. The third kappa shape index (κ3) is 4.83. The molecule has 2 amide bonds. The van der Waals surface area contributed by atoms with Gasteiger partial charge >= 0.3 is 0 Å². The zero-order valence-corrected chi connectivity index (χ0v) is 17.8. The Morgan fingerprint density at radius 3 is 2.56 bits per heavy atom. The third-order valence-electron chi connectivity index (χ3n) is 4.54. The molecule has 9 heteroatoms. The first-order chi connectivity index (χ1) is 12.7. The molecule has 2 rings (SSSR count).